The second-order valence-corrected chi connectivity index (χ2v) is 8.02. The number of aliphatic hydroxyl groups is 1. The van der Waals surface area contributed by atoms with Gasteiger partial charge >= 0.3 is 0 Å². The lowest BCUT2D eigenvalue weighted by Gasteiger charge is -2.30. The average Bonchev–Trinajstić information content (AvgIpc) is 3.03. The summed E-state index contributed by atoms with van der Waals surface area (Å²) in [5.74, 6) is 0.0458. The van der Waals surface area contributed by atoms with Crippen molar-refractivity contribution in [3.05, 3.63) is 65.2 Å². The molecule has 0 radical (unpaired) electrons. The number of ether oxygens (including phenoxy) is 1. The minimum absolute atomic E-state index is 0.0758. The van der Waals surface area contributed by atoms with Crippen molar-refractivity contribution in [2.24, 2.45) is 0 Å². The van der Waals surface area contributed by atoms with Crippen molar-refractivity contribution in [1.29, 1.82) is 0 Å². The van der Waals surface area contributed by atoms with Crippen LogP contribution in [0.25, 0.3) is 0 Å². The van der Waals surface area contributed by atoms with Crippen LogP contribution in [0.3, 0.4) is 0 Å². The lowest BCUT2D eigenvalue weighted by atomic mass is 10.0. The third-order valence-electron chi connectivity index (χ3n) is 5.46. The summed E-state index contributed by atoms with van der Waals surface area (Å²) in [6, 6.07) is 14.8. The van der Waals surface area contributed by atoms with Gasteiger partial charge in [0.05, 0.1) is 19.7 Å². The Bertz CT molecular complexity index is 926. The summed E-state index contributed by atoms with van der Waals surface area (Å²) in [6.45, 7) is 2.04. The van der Waals surface area contributed by atoms with Crippen LogP contribution in [-0.4, -0.2) is 66.6 Å². The molecule has 0 unspecified atom stereocenters. The van der Waals surface area contributed by atoms with E-state index in [-0.39, 0.29) is 25.0 Å². The lowest BCUT2D eigenvalue weighted by Crippen LogP contribution is -2.53. The first kappa shape index (κ1) is 21.8. The summed E-state index contributed by atoms with van der Waals surface area (Å²) in [5, 5.41) is 13.7. The molecule has 2 amide bonds. The SMILES string of the molecule is COc1ccccc1[C@@H](CNC(=O)[C@](C)(O)CN1Cc2ccccc2C1=O)N(C)C. The molecule has 0 saturated carbocycles. The predicted molar refractivity (Wildman–Crippen MR) is 114 cm³/mol. The number of benzene rings is 2. The van der Waals surface area contributed by atoms with E-state index >= 15 is 0 Å². The molecule has 2 aromatic carbocycles. The molecule has 7 nitrogen and oxygen atoms in total. The van der Waals surface area contributed by atoms with E-state index in [9.17, 15) is 14.7 Å². The molecular weight excluding hydrogens is 382 g/mol. The van der Waals surface area contributed by atoms with E-state index < -0.39 is 11.5 Å². The minimum Gasteiger partial charge on any atom is -0.496 e. The molecule has 0 fully saturated rings. The number of carbonyl (C=O) groups is 2. The van der Waals surface area contributed by atoms with Crippen LogP contribution < -0.4 is 10.1 Å². The number of para-hydroxylation sites is 1. The summed E-state index contributed by atoms with van der Waals surface area (Å²) in [6.07, 6.45) is 0. The van der Waals surface area contributed by atoms with E-state index in [0.29, 0.717) is 12.1 Å². The first-order chi connectivity index (χ1) is 14.2. The molecule has 7 heteroatoms. The number of amides is 2. The van der Waals surface area contributed by atoms with Crippen LogP contribution in [0.1, 0.15) is 34.5 Å². The van der Waals surface area contributed by atoms with Crippen LogP contribution in [0.15, 0.2) is 48.5 Å². The van der Waals surface area contributed by atoms with Gasteiger partial charge in [-0.15, -0.1) is 0 Å². The van der Waals surface area contributed by atoms with Gasteiger partial charge in [0.2, 0.25) is 0 Å². The van der Waals surface area contributed by atoms with E-state index in [2.05, 4.69) is 5.32 Å². The quantitative estimate of drug-likeness (QED) is 0.693. The van der Waals surface area contributed by atoms with Crippen LogP contribution in [0.2, 0.25) is 0 Å². The highest BCUT2D eigenvalue weighted by Crippen LogP contribution is 2.28. The van der Waals surface area contributed by atoms with Crippen molar-refractivity contribution in [1.82, 2.24) is 15.1 Å². The van der Waals surface area contributed by atoms with E-state index in [4.69, 9.17) is 4.74 Å². The molecular formula is C23H29N3O4. The lowest BCUT2D eigenvalue weighted by molar-refractivity contribution is -0.139. The minimum atomic E-state index is -1.71. The molecule has 160 valence electrons. The third kappa shape index (κ3) is 4.47. The van der Waals surface area contributed by atoms with Gasteiger partial charge in [-0.05, 0) is 38.7 Å². The maximum atomic E-state index is 12.8. The molecule has 30 heavy (non-hydrogen) atoms. The van der Waals surface area contributed by atoms with Crippen LogP contribution in [-0.2, 0) is 11.3 Å². The van der Waals surface area contributed by atoms with E-state index in [1.165, 1.54) is 11.8 Å². The van der Waals surface area contributed by atoms with Crippen molar-refractivity contribution in [2.45, 2.75) is 25.1 Å². The number of likely N-dealkylation sites (N-methyl/N-ethyl adjacent to an activating group) is 1. The van der Waals surface area contributed by atoms with Crippen molar-refractivity contribution >= 4 is 11.8 Å². The van der Waals surface area contributed by atoms with E-state index in [1.54, 1.807) is 13.2 Å². The number of hydrogen-bond donors (Lipinski definition) is 2. The Morgan fingerprint density at radius 2 is 1.90 bits per heavy atom. The maximum Gasteiger partial charge on any atom is 0.254 e. The van der Waals surface area contributed by atoms with Gasteiger partial charge in [0.1, 0.15) is 5.75 Å². The summed E-state index contributed by atoms with van der Waals surface area (Å²) >= 11 is 0. The van der Waals surface area contributed by atoms with Gasteiger partial charge in [0, 0.05) is 24.2 Å². The van der Waals surface area contributed by atoms with Crippen LogP contribution >= 0.6 is 0 Å². The summed E-state index contributed by atoms with van der Waals surface area (Å²) in [7, 11) is 5.45. The van der Waals surface area contributed by atoms with Crippen molar-refractivity contribution in [2.75, 3.05) is 34.3 Å². The second kappa shape index (κ2) is 8.85. The second-order valence-electron chi connectivity index (χ2n) is 8.02. The summed E-state index contributed by atoms with van der Waals surface area (Å²) in [5.41, 5.74) is 0.755. The molecule has 2 atom stereocenters. The van der Waals surface area contributed by atoms with Crippen molar-refractivity contribution < 1.29 is 19.4 Å². The van der Waals surface area contributed by atoms with Gasteiger partial charge in [0.15, 0.2) is 5.60 Å². The standard InChI is InChI=1S/C23H29N3O4/c1-23(29,15-26-14-16-9-5-6-10-17(16)21(26)27)22(28)24-13-19(25(2)3)18-11-7-8-12-20(18)30-4/h5-12,19,29H,13-15H2,1-4H3,(H,24,28)/t19-,23-/m1/s1. The molecule has 3 rings (SSSR count). The monoisotopic (exact) mass is 411 g/mol. The fourth-order valence-electron chi connectivity index (χ4n) is 3.78. The number of β-amino-alcohol motifs (C(OH)–C–C–N with tert-alkyl or cyclic N) is 1. The zero-order valence-corrected chi connectivity index (χ0v) is 17.9. The normalized spacial score (nSPS) is 16.2. The fraction of sp³-hybridized carbons (Fsp3) is 0.391. The van der Waals surface area contributed by atoms with Crippen LogP contribution in [0.5, 0.6) is 5.75 Å². The number of rotatable bonds is 8. The topological polar surface area (TPSA) is 82.1 Å². The molecule has 0 spiro atoms. The number of carbonyl (C=O) groups excluding carboxylic acids is 2. The van der Waals surface area contributed by atoms with Gasteiger partial charge in [-0.1, -0.05) is 36.4 Å². The Labute approximate surface area is 177 Å². The predicted octanol–water partition coefficient (Wildman–Crippen LogP) is 1.82. The average molecular weight is 412 g/mol. The first-order valence-electron chi connectivity index (χ1n) is 9.92. The fourth-order valence-corrected chi connectivity index (χ4v) is 3.78. The van der Waals surface area contributed by atoms with Gasteiger partial charge in [-0.3, -0.25) is 9.59 Å². The molecule has 0 aliphatic carbocycles. The van der Waals surface area contributed by atoms with E-state index in [1.807, 2.05) is 61.5 Å². The zero-order valence-electron chi connectivity index (χ0n) is 17.9. The maximum absolute atomic E-state index is 12.8. The first-order valence-corrected chi connectivity index (χ1v) is 9.92. The third-order valence-corrected chi connectivity index (χ3v) is 5.46. The van der Waals surface area contributed by atoms with E-state index in [0.717, 1.165) is 16.9 Å². The highest BCUT2D eigenvalue weighted by molar-refractivity contribution is 5.98. The number of nitrogens with one attached hydrogen (secondary N) is 1. The molecule has 1 aliphatic heterocycles. The van der Waals surface area contributed by atoms with Gasteiger partial charge in [0.25, 0.3) is 11.8 Å². The Kier molecular flexibility index (Phi) is 6.43. The summed E-state index contributed by atoms with van der Waals surface area (Å²) in [4.78, 5) is 28.9. The van der Waals surface area contributed by atoms with Gasteiger partial charge in [-0.25, -0.2) is 0 Å². The smallest absolute Gasteiger partial charge is 0.254 e. The Morgan fingerprint density at radius 1 is 1.23 bits per heavy atom. The molecule has 0 aromatic heterocycles. The zero-order chi connectivity index (χ0) is 21.9. The molecule has 2 aromatic rings. The van der Waals surface area contributed by atoms with Crippen molar-refractivity contribution in [3.8, 4) is 5.75 Å². The molecule has 0 bridgehead atoms. The largest absolute Gasteiger partial charge is 0.496 e. The number of methoxy groups -OCH3 is 1. The molecule has 2 N–H and O–H groups in total. The molecule has 1 aliphatic rings. The Morgan fingerprint density at radius 3 is 2.57 bits per heavy atom. The van der Waals surface area contributed by atoms with Crippen LogP contribution in [0.4, 0.5) is 0 Å². The summed E-state index contributed by atoms with van der Waals surface area (Å²) < 4.78 is 5.45. The highest BCUT2D eigenvalue weighted by Gasteiger charge is 2.37. The van der Waals surface area contributed by atoms with Gasteiger partial charge in [-0.2, -0.15) is 0 Å². The van der Waals surface area contributed by atoms with Crippen LogP contribution in [0, 0.1) is 0 Å². The highest BCUT2D eigenvalue weighted by atomic mass is 16.5. The molecule has 1 heterocycles. The number of hydrogen-bond acceptors (Lipinski definition) is 5. The Balaban J connectivity index is 1.66. The number of fused-ring (bicyclic) bond motifs is 1. The van der Waals surface area contributed by atoms with Crippen molar-refractivity contribution in [3.63, 3.8) is 0 Å². The van der Waals surface area contributed by atoms with Gasteiger partial charge < -0.3 is 25.0 Å². The number of nitrogens with zero attached hydrogens (tertiary/aromatic N) is 2. The Hall–Kier alpha value is -2.90. The molecule has 0 saturated heterocycles.